The Balaban J connectivity index is 2.22. The molecule has 0 saturated heterocycles. The molecule has 0 radical (unpaired) electrons. The third-order valence-corrected chi connectivity index (χ3v) is 3.64. The van der Waals surface area contributed by atoms with Crippen molar-refractivity contribution in [1.29, 1.82) is 0 Å². The molecule has 0 bridgehead atoms. The molecule has 1 rings (SSSR count). The molecule has 4 heteroatoms. The van der Waals surface area contributed by atoms with Crippen LogP contribution in [0.2, 0.25) is 0 Å². The first-order valence-corrected chi connectivity index (χ1v) is 7.76. The van der Waals surface area contributed by atoms with Crippen LogP contribution in [-0.4, -0.2) is 10.9 Å². The molecule has 0 atom stereocenters. The molecule has 1 heterocycles. The van der Waals surface area contributed by atoms with E-state index < -0.39 is 0 Å². The fourth-order valence-corrected chi connectivity index (χ4v) is 2.57. The zero-order valence-corrected chi connectivity index (χ0v) is 12.5. The van der Waals surface area contributed by atoms with E-state index in [1.807, 2.05) is 5.38 Å². The van der Waals surface area contributed by atoms with Gasteiger partial charge in [-0.2, -0.15) is 0 Å². The minimum atomic E-state index is 0.0937. The van der Waals surface area contributed by atoms with Gasteiger partial charge in [0, 0.05) is 11.8 Å². The van der Waals surface area contributed by atoms with Gasteiger partial charge in [0.15, 0.2) is 5.13 Å². The largest absolute Gasteiger partial charge is 0.302 e. The summed E-state index contributed by atoms with van der Waals surface area (Å²) in [6, 6.07) is 0. The Labute approximate surface area is 114 Å². The highest BCUT2D eigenvalue weighted by molar-refractivity contribution is 7.13. The Kier molecular flexibility index (Phi) is 6.94. The van der Waals surface area contributed by atoms with Crippen molar-refractivity contribution in [3.05, 3.63) is 11.1 Å². The Morgan fingerprint density at radius 1 is 1.33 bits per heavy atom. The van der Waals surface area contributed by atoms with E-state index in [0.717, 1.165) is 23.7 Å². The third kappa shape index (κ3) is 5.63. The molecule has 1 aromatic rings. The lowest BCUT2D eigenvalue weighted by atomic mass is 10.1. The van der Waals surface area contributed by atoms with E-state index in [4.69, 9.17) is 0 Å². The predicted octanol–water partition coefficient (Wildman–Crippen LogP) is 4.57. The Bertz CT molecular complexity index is 360. The lowest BCUT2D eigenvalue weighted by Crippen LogP contribution is -2.10. The van der Waals surface area contributed by atoms with Crippen LogP contribution in [0.5, 0.6) is 0 Å². The van der Waals surface area contributed by atoms with Crippen LogP contribution in [-0.2, 0) is 4.79 Å². The highest BCUT2D eigenvalue weighted by atomic mass is 32.1. The zero-order valence-electron chi connectivity index (χ0n) is 11.7. The maximum absolute atomic E-state index is 11.7. The van der Waals surface area contributed by atoms with Crippen molar-refractivity contribution in [2.24, 2.45) is 0 Å². The topological polar surface area (TPSA) is 42.0 Å². The maximum atomic E-state index is 11.7. The summed E-state index contributed by atoms with van der Waals surface area (Å²) in [6.45, 7) is 6.41. The summed E-state index contributed by atoms with van der Waals surface area (Å²) in [6.07, 6.45) is 6.48. The second-order valence-electron chi connectivity index (χ2n) is 4.94. The number of hydrogen-bond acceptors (Lipinski definition) is 3. The van der Waals surface area contributed by atoms with Crippen LogP contribution < -0.4 is 5.32 Å². The van der Waals surface area contributed by atoms with Crippen molar-refractivity contribution >= 4 is 22.4 Å². The smallest absolute Gasteiger partial charge is 0.226 e. The molecule has 18 heavy (non-hydrogen) atoms. The van der Waals surface area contributed by atoms with Gasteiger partial charge >= 0.3 is 0 Å². The van der Waals surface area contributed by atoms with E-state index in [-0.39, 0.29) is 5.91 Å². The van der Waals surface area contributed by atoms with Crippen molar-refractivity contribution in [2.45, 2.75) is 65.2 Å². The van der Waals surface area contributed by atoms with Gasteiger partial charge in [0.2, 0.25) is 5.91 Å². The summed E-state index contributed by atoms with van der Waals surface area (Å²) in [4.78, 5) is 16.1. The van der Waals surface area contributed by atoms with Gasteiger partial charge in [-0.15, -0.1) is 11.3 Å². The fraction of sp³-hybridized carbons (Fsp3) is 0.714. The molecule has 0 fully saturated rings. The van der Waals surface area contributed by atoms with Crippen molar-refractivity contribution in [2.75, 3.05) is 5.32 Å². The first-order valence-electron chi connectivity index (χ1n) is 6.88. The van der Waals surface area contributed by atoms with Gasteiger partial charge in [0.05, 0.1) is 5.69 Å². The van der Waals surface area contributed by atoms with Crippen molar-refractivity contribution in [3.63, 3.8) is 0 Å². The Morgan fingerprint density at radius 3 is 2.67 bits per heavy atom. The quantitative estimate of drug-likeness (QED) is 0.702. The predicted molar refractivity (Wildman–Crippen MR) is 78.2 cm³/mol. The van der Waals surface area contributed by atoms with E-state index in [1.54, 1.807) is 0 Å². The van der Waals surface area contributed by atoms with Crippen molar-refractivity contribution in [3.8, 4) is 0 Å². The molecule has 1 aromatic heterocycles. The molecule has 0 aliphatic carbocycles. The van der Waals surface area contributed by atoms with Crippen LogP contribution in [0, 0.1) is 0 Å². The molecule has 0 spiro atoms. The van der Waals surface area contributed by atoms with Gasteiger partial charge in [-0.1, -0.05) is 46.5 Å². The van der Waals surface area contributed by atoms with Crippen molar-refractivity contribution < 1.29 is 4.79 Å². The normalized spacial score (nSPS) is 10.9. The molecule has 1 amide bonds. The van der Waals surface area contributed by atoms with Crippen LogP contribution >= 0.6 is 11.3 Å². The molecule has 0 aliphatic heterocycles. The van der Waals surface area contributed by atoms with E-state index in [0.29, 0.717) is 12.3 Å². The number of nitrogens with one attached hydrogen (secondary N) is 1. The summed E-state index contributed by atoms with van der Waals surface area (Å²) >= 11 is 1.51. The summed E-state index contributed by atoms with van der Waals surface area (Å²) < 4.78 is 0. The highest BCUT2D eigenvalue weighted by Crippen LogP contribution is 2.21. The molecule has 0 unspecified atom stereocenters. The van der Waals surface area contributed by atoms with Crippen molar-refractivity contribution in [1.82, 2.24) is 4.98 Å². The Morgan fingerprint density at radius 2 is 2.06 bits per heavy atom. The number of rotatable bonds is 8. The summed E-state index contributed by atoms with van der Waals surface area (Å²) in [5.74, 6) is 0.511. The lowest BCUT2D eigenvalue weighted by molar-refractivity contribution is -0.116. The number of unbranched alkanes of at least 4 members (excludes halogenated alkanes) is 4. The molecule has 0 aromatic carbocycles. The highest BCUT2D eigenvalue weighted by Gasteiger charge is 2.08. The molecule has 0 aliphatic rings. The number of nitrogens with zero attached hydrogens (tertiary/aromatic N) is 1. The van der Waals surface area contributed by atoms with E-state index >= 15 is 0 Å². The molecule has 102 valence electrons. The number of aromatic nitrogens is 1. The second-order valence-corrected chi connectivity index (χ2v) is 5.80. The number of carbonyl (C=O) groups is 1. The average Bonchev–Trinajstić information content (AvgIpc) is 2.77. The van der Waals surface area contributed by atoms with Gasteiger partial charge < -0.3 is 5.32 Å². The number of anilines is 1. The van der Waals surface area contributed by atoms with Gasteiger partial charge in [0.25, 0.3) is 0 Å². The first kappa shape index (κ1) is 15.2. The van der Waals surface area contributed by atoms with E-state index in [2.05, 4.69) is 31.1 Å². The first-order chi connectivity index (χ1) is 8.63. The average molecular weight is 268 g/mol. The maximum Gasteiger partial charge on any atom is 0.226 e. The number of carbonyl (C=O) groups excluding carboxylic acids is 1. The molecular formula is C14H24N2OS. The molecule has 3 nitrogen and oxygen atoms in total. The van der Waals surface area contributed by atoms with Gasteiger partial charge in [-0.25, -0.2) is 4.98 Å². The van der Waals surface area contributed by atoms with Gasteiger partial charge in [0.1, 0.15) is 0 Å². The van der Waals surface area contributed by atoms with E-state index in [1.165, 1.54) is 30.6 Å². The van der Waals surface area contributed by atoms with Gasteiger partial charge in [-0.3, -0.25) is 4.79 Å². The van der Waals surface area contributed by atoms with Crippen LogP contribution in [0.4, 0.5) is 5.13 Å². The van der Waals surface area contributed by atoms with Gasteiger partial charge in [-0.05, 0) is 12.3 Å². The Hall–Kier alpha value is -0.900. The van der Waals surface area contributed by atoms with Crippen LogP contribution in [0.3, 0.4) is 0 Å². The minimum absolute atomic E-state index is 0.0937. The zero-order chi connectivity index (χ0) is 13.4. The third-order valence-electron chi connectivity index (χ3n) is 2.87. The van der Waals surface area contributed by atoms with Crippen LogP contribution in [0.15, 0.2) is 5.38 Å². The fourth-order valence-electron chi connectivity index (χ4n) is 1.68. The molecule has 0 saturated carbocycles. The summed E-state index contributed by atoms with van der Waals surface area (Å²) in [7, 11) is 0. The standard InChI is InChI=1S/C14H24N2OS/c1-4-5-6-7-8-9-13(17)16-14-15-12(10-18-14)11(2)3/h10-11H,4-9H2,1-3H3,(H,15,16,17). The number of thiazole rings is 1. The summed E-state index contributed by atoms with van der Waals surface area (Å²) in [5, 5.41) is 5.63. The van der Waals surface area contributed by atoms with Crippen LogP contribution in [0.1, 0.15) is 70.9 Å². The SMILES string of the molecule is CCCCCCCC(=O)Nc1nc(C(C)C)cs1. The molecule has 1 N–H and O–H groups in total. The monoisotopic (exact) mass is 268 g/mol. The molecular weight excluding hydrogens is 244 g/mol. The number of hydrogen-bond donors (Lipinski definition) is 1. The summed E-state index contributed by atoms with van der Waals surface area (Å²) in [5.41, 5.74) is 1.05. The lowest BCUT2D eigenvalue weighted by Gasteiger charge is -2.02. The number of amides is 1. The second kappa shape index (κ2) is 8.25. The minimum Gasteiger partial charge on any atom is -0.302 e. The van der Waals surface area contributed by atoms with E-state index in [9.17, 15) is 4.79 Å². The van der Waals surface area contributed by atoms with Crippen LogP contribution in [0.25, 0.3) is 0 Å².